The van der Waals surface area contributed by atoms with Crippen LogP contribution in [0.1, 0.15) is 57.6 Å². The van der Waals surface area contributed by atoms with Gasteiger partial charge in [-0.2, -0.15) is 0 Å². The fourth-order valence-electron chi connectivity index (χ4n) is 7.85. The maximum atomic E-state index is 15.0. The highest BCUT2D eigenvalue weighted by molar-refractivity contribution is 6.05. The first-order valence-corrected chi connectivity index (χ1v) is 17.9. The first-order chi connectivity index (χ1) is 24.3. The molecule has 0 aromatic heterocycles. The molecule has 50 heavy (non-hydrogen) atoms. The third-order valence-electron chi connectivity index (χ3n) is 10.4. The van der Waals surface area contributed by atoms with E-state index in [4.69, 9.17) is 9.47 Å². The number of ether oxygens (including phenoxy) is 2. The lowest BCUT2D eigenvalue weighted by molar-refractivity contribution is -0.159. The van der Waals surface area contributed by atoms with Crippen LogP contribution in [0.5, 0.6) is 0 Å². The maximum Gasteiger partial charge on any atom is 0.313 e. The summed E-state index contributed by atoms with van der Waals surface area (Å²) in [6.45, 7) is 6.47. The normalized spacial score (nSPS) is 28.8. The fraction of sp³-hybridized carbons (Fsp3) is 0.487. The van der Waals surface area contributed by atoms with E-state index in [0.717, 1.165) is 18.8 Å². The quantitative estimate of drug-likeness (QED) is 0.219. The van der Waals surface area contributed by atoms with Crippen molar-refractivity contribution < 1.29 is 33.8 Å². The van der Waals surface area contributed by atoms with E-state index in [2.05, 4.69) is 24.1 Å². The molecule has 0 unspecified atom stereocenters. The molecular weight excluding hydrogens is 636 g/mol. The average Bonchev–Trinajstić information content (AvgIpc) is 3.78. The number of aliphatic hydroxyl groups is 1. The Kier molecular flexibility index (Phi) is 11.0. The summed E-state index contributed by atoms with van der Waals surface area (Å²) in [7, 11) is 0. The van der Waals surface area contributed by atoms with Crippen LogP contribution in [0.3, 0.4) is 0 Å². The van der Waals surface area contributed by atoms with Crippen LogP contribution in [0.2, 0.25) is 0 Å². The molecule has 0 radical (unpaired) electrons. The summed E-state index contributed by atoms with van der Waals surface area (Å²) in [5.41, 5.74) is 1.06. The molecule has 0 aliphatic carbocycles. The van der Waals surface area contributed by atoms with Gasteiger partial charge in [0.15, 0.2) is 0 Å². The predicted molar refractivity (Wildman–Crippen MR) is 189 cm³/mol. The summed E-state index contributed by atoms with van der Waals surface area (Å²) in [5, 5.41) is 12.3. The zero-order valence-electron chi connectivity index (χ0n) is 28.9. The number of likely N-dealkylation sites (tertiary alicyclic amines) is 1. The molecule has 0 saturated carbocycles. The van der Waals surface area contributed by atoms with E-state index < -0.39 is 41.7 Å². The lowest BCUT2D eigenvalue weighted by Crippen LogP contribution is -2.56. The predicted octanol–water partition coefficient (Wildman–Crippen LogP) is 3.93. The number of carbonyl (C=O) groups excluding carboxylic acids is 4. The number of aliphatic hydroxyl groups excluding tert-OH is 1. The van der Waals surface area contributed by atoms with E-state index >= 15 is 4.79 Å². The molecule has 4 aliphatic heterocycles. The van der Waals surface area contributed by atoms with Crippen LogP contribution in [-0.2, 0) is 28.7 Å². The van der Waals surface area contributed by atoms with E-state index in [-0.39, 0.29) is 50.4 Å². The minimum Gasteiger partial charge on any atom is -0.455 e. The summed E-state index contributed by atoms with van der Waals surface area (Å²) < 4.78 is 12.7. The first-order valence-electron chi connectivity index (χ1n) is 17.9. The van der Waals surface area contributed by atoms with E-state index in [1.807, 2.05) is 66.7 Å². The second-order valence-electron chi connectivity index (χ2n) is 13.3. The van der Waals surface area contributed by atoms with Crippen molar-refractivity contribution in [2.24, 2.45) is 11.8 Å². The SMILES string of the molecule is CCN(CC)c1ccc(N2C/C=C\CCC(=O)NC[C@@H](c3ccccc3)OC(=O)[C@@H]3[C@@H]4C=C[C@]5(O4)[C@H](C2=O)N(CCCCCO)C(=O)[C@@H]35)cc1. The van der Waals surface area contributed by atoms with Crippen molar-refractivity contribution >= 4 is 35.1 Å². The van der Waals surface area contributed by atoms with Crippen LogP contribution >= 0.6 is 0 Å². The number of unbranched alkanes of at least 4 members (excludes halogenated alkanes) is 2. The van der Waals surface area contributed by atoms with Crippen molar-refractivity contribution in [2.45, 2.75) is 69.8 Å². The van der Waals surface area contributed by atoms with Gasteiger partial charge < -0.3 is 34.6 Å². The van der Waals surface area contributed by atoms with Gasteiger partial charge in [-0.1, -0.05) is 54.6 Å². The molecule has 6 rings (SSSR count). The summed E-state index contributed by atoms with van der Waals surface area (Å²) in [4.78, 5) is 62.0. The molecule has 2 fully saturated rings. The molecule has 2 saturated heterocycles. The van der Waals surface area contributed by atoms with Gasteiger partial charge in [0.2, 0.25) is 11.8 Å². The van der Waals surface area contributed by atoms with Gasteiger partial charge in [-0.3, -0.25) is 19.2 Å². The van der Waals surface area contributed by atoms with Crippen LogP contribution in [0.4, 0.5) is 11.4 Å². The van der Waals surface area contributed by atoms with E-state index in [9.17, 15) is 19.5 Å². The average molecular weight is 685 g/mol. The summed E-state index contributed by atoms with van der Waals surface area (Å²) in [6, 6.07) is 16.0. The second-order valence-corrected chi connectivity index (χ2v) is 13.3. The van der Waals surface area contributed by atoms with Gasteiger partial charge in [-0.15, -0.1) is 0 Å². The molecule has 11 nitrogen and oxygen atoms in total. The van der Waals surface area contributed by atoms with E-state index in [1.54, 1.807) is 22.0 Å². The number of anilines is 2. The van der Waals surface area contributed by atoms with Crippen molar-refractivity contribution in [3.63, 3.8) is 0 Å². The van der Waals surface area contributed by atoms with Gasteiger partial charge in [0.05, 0.1) is 18.6 Å². The van der Waals surface area contributed by atoms with Crippen LogP contribution in [0.15, 0.2) is 78.9 Å². The topological polar surface area (TPSA) is 129 Å². The molecular formula is C39H48N4O7. The van der Waals surface area contributed by atoms with Crippen molar-refractivity contribution in [2.75, 3.05) is 49.1 Å². The van der Waals surface area contributed by atoms with Crippen LogP contribution in [0, 0.1) is 11.8 Å². The van der Waals surface area contributed by atoms with Crippen molar-refractivity contribution in [1.29, 1.82) is 0 Å². The molecule has 4 heterocycles. The molecule has 4 aliphatic rings. The van der Waals surface area contributed by atoms with Gasteiger partial charge in [0, 0.05) is 50.6 Å². The highest BCUT2D eigenvalue weighted by atomic mass is 16.6. The fourth-order valence-corrected chi connectivity index (χ4v) is 7.85. The number of cyclic esters (lactones) is 1. The van der Waals surface area contributed by atoms with Crippen molar-refractivity contribution in [3.05, 3.63) is 84.5 Å². The smallest absolute Gasteiger partial charge is 0.313 e. The summed E-state index contributed by atoms with van der Waals surface area (Å²) in [5.74, 6) is -3.35. The highest BCUT2D eigenvalue weighted by Crippen LogP contribution is 2.56. The molecule has 11 heteroatoms. The Balaban J connectivity index is 1.40. The number of hydrogen-bond donors (Lipinski definition) is 2. The number of allylic oxidation sites excluding steroid dienone is 1. The summed E-state index contributed by atoms with van der Waals surface area (Å²) in [6.07, 6.45) is 8.34. The maximum absolute atomic E-state index is 15.0. The zero-order valence-corrected chi connectivity index (χ0v) is 28.9. The third kappa shape index (κ3) is 6.81. The van der Waals surface area contributed by atoms with Crippen LogP contribution in [0.25, 0.3) is 0 Å². The molecule has 5 bridgehead atoms. The van der Waals surface area contributed by atoms with Gasteiger partial charge in [0.25, 0.3) is 5.91 Å². The second kappa shape index (κ2) is 15.6. The number of nitrogens with zero attached hydrogens (tertiary/aromatic N) is 3. The number of rotatable bonds is 10. The summed E-state index contributed by atoms with van der Waals surface area (Å²) >= 11 is 0. The molecule has 3 amide bonds. The Bertz CT molecular complexity index is 1590. The molecule has 2 aromatic rings. The molecule has 266 valence electrons. The largest absolute Gasteiger partial charge is 0.455 e. The number of nitrogens with one attached hydrogen (secondary N) is 1. The number of amides is 3. The highest BCUT2D eigenvalue weighted by Gasteiger charge is 2.73. The Morgan fingerprint density at radius 2 is 1.70 bits per heavy atom. The number of benzene rings is 2. The monoisotopic (exact) mass is 684 g/mol. The molecule has 2 aromatic carbocycles. The number of fused-ring (bicyclic) bond motifs is 2. The van der Waals surface area contributed by atoms with Crippen molar-refractivity contribution in [3.8, 4) is 0 Å². The minimum atomic E-state index is -1.35. The first kappa shape index (κ1) is 35.3. The lowest BCUT2D eigenvalue weighted by Gasteiger charge is -2.36. The van der Waals surface area contributed by atoms with Gasteiger partial charge in [-0.05, 0) is 69.4 Å². The third-order valence-corrected chi connectivity index (χ3v) is 10.4. The molecule has 1 spiro atoms. The Labute approximate surface area is 293 Å². The lowest BCUT2D eigenvalue weighted by atomic mass is 9.74. The molecule has 6 atom stereocenters. The number of carbonyl (C=O) groups is 4. The van der Waals surface area contributed by atoms with Gasteiger partial charge in [0.1, 0.15) is 23.7 Å². The van der Waals surface area contributed by atoms with Gasteiger partial charge in [-0.25, -0.2) is 0 Å². The molecule has 2 N–H and O–H groups in total. The van der Waals surface area contributed by atoms with Crippen molar-refractivity contribution in [1.82, 2.24) is 10.2 Å². The van der Waals surface area contributed by atoms with Gasteiger partial charge >= 0.3 is 5.97 Å². The van der Waals surface area contributed by atoms with Crippen LogP contribution < -0.4 is 15.1 Å². The number of hydrogen-bond acceptors (Lipinski definition) is 8. The standard InChI is InChI=1S/C39H48N4O7/c1-3-41(4-2)28-17-19-29(20-18-28)42-23-11-6-10-16-32(45)40-26-31(27-14-8-5-9-15-27)49-38(48)33-30-21-22-39(50-30)34(33)36(46)43(35(39)37(42)47)24-12-7-13-25-44/h5-6,8-9,11,14-15,17-22,30-31,33-35,44H,3-4,7,10,12-13,16,23-26H2,1-2H3,(H,40,45)/b11-6-/t30-,31-,33+,34+,35-,39+/m0/s1. The Morgan fingerprint density at radius 3 is 2.42 bits per heavy atom. The minimum absolute atomic E-state index is 0.0386. The van der Waals surface area contributed by atoms with Crippen LogP contribution in [-0.4, -0.2) is 90.8 Å². The number of esters is 1. The zero-order chi connectivity index (χ0) is 35.3. The Hall–Kier alpha value is -4.48. The van der Waals surface area contributed by atoms with E-state index in [1.165, 1.54) is 0 Å². The Morgan fingerprint density at radius 1 is 0.940 bits per heavy atom. The van der Waals surface area contributed by atoms with E-state index in [0.29, 0.717) is 36.9 Å².